The van der Waals surface area contributed by atoms with E-state index in [1.807, 2.05) is 30.5 Å². The summed E-state index contributed by atoms with van der Waals surface area (Å²) in [5.74, 6) is 1.09. The zero-order valence-electron chi connectivity index (χ0n) is 21.9. The van der Waals surface area contributed by atoms with Crippen molar-refractivity contribution in [2.75, 3.05) is 18.2 Å². The van der Waals surface area contributed by atoms with E-state index < -0.39 is 0 Å². The molecule has 1 amide bonds. The van der Waals surface area contributed by atoms with Crippen LogP contribution in [0.5, 0.6) is 5.75 Å². The lowest BCUT2D eigenvalue weighted by molar-refractivity contribution is -0.113. The Morgan fingerprint density at radius 2 is 1.92 bits per heavy atom. The van der Waals surface area contributed by atoms with Crippen LogP contribution in [0.1, 0.15) is 70.4 Å². The van der Waals surface area contributed by atoms with Crippen LogP contribution < -0.4 is 10.1 Å². The molecule has 4 rings (SSSR count). The Bertz CT molecular complexity index is 1270. The molecule has 1 aromatic carbocycles. The highest BCUT2D eigenvalue weighted by molar-refractivity contribution is 7.99. The third-order valence-corrected chi connectivity index (χ3v) is 8.62. The lowest BCUT2D eigenvalue weighted by Gasteiger charge is -2.11. The molecule has 8 nitrogen and oxygen atoms in total. The van der Waals surface area contributed by atoms with E-state index in [9.17, 15) is 9.59 Å². The lowest BCUT2D eigenvalue weighted by Crippen LogP contribution is -2.17. The third kappa shape index (κ3) is 6.54. The summed E-state index contributed by atoms with van der Waals surface area (Å²) in [5.41, 5.74) is 3.82. The van der Waals surface area contributed by atoms with Crippen LogP contribution in [0.3, 0.4) is 0 Å². The number of anilines is 1. The maximum Gasteiger partial charge on any atom is 0.341 e. The normalized spacial score (nSPS) is 13.4. The number of aromatic nitrogens is 3. The largest absolute Gasteiger partial charge is 0.485 e. The van der Waals surface area contributed by atoms with Crippen molar-refractivity contribution in [1.29, 1.82) is 0 Å². The first-order valence-electron chi connectivity index (χ1n) is 12.7. The maximum absolute atomic E-state index is 12.9. The van der Waals surface area contributed by atoms with Gasteiger partial charge >= 0.3 is 5.97 Å². The van der Waals surface area contributed by atoms with Crippen LogP contribution in [0, 0.1) is 13.8 Å². The number of methoxy groups -OCH3 is 1. The van der Waals surface area contributed by atoms with Crippen LogP contribution in [0.4, 0.5) is 5.00 Å². The van der Waals surface area contributed by atoms with Gasteiger partial charge in [-0.2, -0.15) is 0 Å². The van der Waals surface area contributed by atoms with Gasteiger partial charge in [-0.1, -0.05) is 42.3 Å². The Hall–Kier alpha value is -2.85. The van der Waals surface area contributed by atoms with Crippen LogP contribution in [-0.4, -0.2) is 39.5 Å². The SMILES string of the molecule is CCn1c(COc2ccc(C)cc2C)nnc1SCC(=O)Nc1sc2c(c1C(=O)OC)CCCCCC2. The molecule has 0 spiro atoms. The number of hydrogen-bond acceptors (Lipinski definition) is 8. The Labute approximate surface area is 226 Å². The zero-order chi connectivity index (χ0) is 26.4. The molecule has 3 aromatic rings. The van der Waals surface area contributed by atoms with E-state index in [2.05, 4.69) is 28.5 Å². The van der Waals surface area contributed by atoms with Crippen molar-refractivity contribution >= 4 is 40.0 Å². The van der Waals surface area contributed by atoms with E-state index >= 15 is 0 Å². The molecule has 37 heavy (non-hydrogen) atoms. The summed E-state index contributed by atoms with van der Waals surface area (Å²) in [5, 5.41) is 12.8. The van der Waals surface area contributed by atoms with Gasteiger partial charge in [0, 0.05) is 11.4 Å². The molecule has 0 atom stereocenters. The molecule has 0 saturated carbocycles. The van der Waals surface area contributed by atoms with Crippen molar-refractivity contribution in [3.63, 3.8) is 0 Å². The Morgan fingerprint density at radius 1 is 1.14 bits per heavy atom. The minimum absolute atomic E-state index is 0.152. The van der Waals surface area contributed by atoms with Crippen molar-refractivity contribution < 1.29 is 19.1 Å². The van der Waals surface area contributed by atoms with Gasteiger partial charge in [-0.25, -0.2) is 4.79 Å². The van der Waals surface area contributed by atoms with Crippen LogP contribution in [0.2, 0.25) is 0 Å². The lowest BCUT2D eigenvalue weighted by atomic mass is 9.96. The van der Waals surface area contributed by atoms with Gasteiger partial charge in [0.25, 0.3) is 0 Å². The molecule has 0 fully saturated rings. The Balaban J connectivity index is 1.42. The highest BCUT2D eigenvalue weighted by Gasteiger charge is 2.26. The number of carbonyl (C=O) groups is 2. The van der Waals surface area contributed by atoms with Crippen LogP contribution in [0.25, 0.3) is 0 Å². The predicted octanol–water partition coefficient (Wildman–Crippen LogP) is 5.73. The van der Waals surface area contributed by atoms with Crippen LogP contribution in [-0.2, 0) is 35.5 Å². The summed E-state index contributed by atoms with van der Waals surface area (Å²) in [6.07, 6.45) is 6.26. The number of amides is 1. The van der Waals surface area contributed by atoms with E-state index in [0.717, 1.165) is 49.0 Å². The topological polar surface area (TPSA) is 95.3 Å². The first kappa shape index (κ1) is 27.2. The number of esters is 1. The first-order chi connectivity index (χ1) is 17.9. The van der Waals surface area contributed by atoms with Gasteiger partial charge in [0.15, 0.2) is 11.0 Å². The number of nitrogens with one attached hydrogen (secondary N) is 1. The number of benzene rings is 1. The zero-order valence-corrected chi connectivity index (χ0v) is 23.5. The quantitative estimate of drug-likeness (QED) is 0.272. The minimum Gasteiger partial charge on any atom is -0.485 e. The molecule has 2 heterocycles. The molecular formula is C27H34N4O4S2. The van der Waals surface area contributed by atoms with E-state index in [1.165, 1.54) is 47.1 Å². The van der Waals surface area contributed by atoms with Crippen molar-refractivity contribution in [1.82, 2.24) is 14.8 Å². The highest BCUT2D eigenvalue weighted by Crippen LogP contribution is 2.37. The van der Waals surface area contributed by atoms with E-state index in [0.29, 0.717) is 34.7 Å². The second-order valence-electron chi connectivity index (χ2n) is 9.15. The van der Waals surface area contributed by atoms with Crippen LogP contribution in [0.15, 0.2) is 23.4 Å². The van der Waals surface area contributed by atoms with Gasteiger partial charge in [-0.05, 0) is 63.6 Å². The number of thiophene rings is 1. The predicted molar refractivity (Wildman–Crippen MR) is 147 cm³/mol. The molecule has 1 N–H and O–H groups in total. The molecule has 1 aliphatic carbocycles. The number of thioether (sulfide) groups is 1. The number of hydrogen-bond donors (Lipinski definition) is 1. The fourth-order valence-electron chi connectivity index (χ4n) is 4.57. The van der Waals surface area contributed by atoms with Gasteiger partial charge in [-0.3, -0.25) is 4.79 Å². The van der Waals surface area contributed by atoms with Gasteiger partial charge in [0.1, 0.15) is 17.4 Å². The monoisotopic (exact) mass is 542 g/mol. The average Bonchev–Trinajstić information content (AvgIpc) is 3.41. The fourth-order valence-corrected chi connectivity index (χ4v) is 6.69. The van der Waals surface area contributed by atoms with E-state index in [1.54, 1.807) is 0 Å². The first-order valence-corrected chi connectivity index (χ1v) is 14.5. The van der Waals surface area contributed by atoms with Gasteiger partial charge < -0.3 is 19.4 Å². The molecule has 1 aliphatic rings. The van der Waals surface area contributed by atoms with Crippen molar-refractivity contribution in [2.24, 2.45) is 0 Å². The van der Waals surface area contributed by atoms with Crippen LogP contribution >= 0.6 is 23.1 Å². The molecule has 0 unspecified atom stereocenters. The number of fused-ring (bicyclic) bond motifs is 1. The summed E-state index contributed by atoms with van der Waals surface area (Å²) in [6, 6.07) is 6.07. The summed E-state index contributed by atoms with van der Waals surface area (Å²) < 4.78 is 13.0. The molecule has 10 heteroatoms. The van der Waals surface area contributed by atoms with Crippen molar-refractivity contribution in [3.8, 4) is 5.75 Å². The Kier molecular flexibility index (Phi) is 9.26. The number of nitrogens with zero attached hydrogens (tertiary/aromatic N) is 3. The van der Waals surface area contributed by atoms with Gasteiger partial charge in [0.2, 0.25) is 5.91 Å². The molecule has 0 saturated heterocycles. The fraction of sp³-hybridized carbons (Fsp3) is 0.481. The molecule has 0 aliphatic heterocycles. The third-order valence-electron chi connectivity index (χ3n) is 6.44. The molecule has 2 aromatic heterocycles. The smallest absolute Gasteiger partial charge is 0.341 e. The average molecular weight is 543 g/mol. The number of carbonyl (C=O) groups excluding carboxylic acids is 2. The second kappa shape index (κ2) is 12.6. The molecule has 0 radical (unpaired) electrons. The van der Waals surface area contributed by atoms with Crippen molar-refractivity contribution in [2.45, 2.75) is 77.6 Å². The molecule has 0 bridgehead atoms. The number of ether oxygens (including phenoxy) is 2. The highest BCUT2D eigenvalue weighted by atomic mass is 32.2. The minimum atomic E-state index is -0.389. The Morgan fingerprint density at radius 3 is 2.65 bits per heavy atom. The standard InChI is InChI=1S/C27H34N4O4S2/c1-5-31-22(15-35-20-13-12-17(2)14-18(20)3)29-30-27(31)36-16-23(32)28-25-24(26(33)34-4)19-10-8-6-7-9-11-21(19)37-25/h12-14H,5-11,15-16H2,1-4H3,(H,28,32). The summed E-state index contributed by atoms with van der Waals surface area (Å²) in [7, 11) is 1.38. The number of rotatable bonds is 9. The second-order valence-corrected chi connectivity index (χ2v) is 11.2. The summed E-state index contributed by atoms with van der Waals surface area (Å²) in [6.45, 7) is 7.03. The molecule has 198 valence electrons. The van der Waals surface area contributed by atoms with Crippen molar-refractivity contribution in [3.05, 3.63) is 51.2 Å². The molecular weight excluding hydrogens is 508 g/mol. The summed E-state index contributed by atoms with van der Waals surface area (Å²) >= 11 is 2.82. The summed E-state index contributed by atoms with van der Waals surface area (Å²) in [4.78, 5) is 26.7. The van der Waals surface area contributed by atoms with Gasteiger partial charge in [-0.15, -0.1) is 21.5 Å². The van der Waals surface area contributed by atoms with Gasteiger partial charge in [0.05, 0.1) is 18.4 Å². The number of aryl methyl sites for hydroxylation is 3. The maximum atomic E-state index is 12.9. The van der Waals surface area contributed by atoms with E-state index in [-0.39, 0.29) is 17.6 Å². The van der Waals surface area contributed by atoms with E-state index in [4.69, 9.17) is 9.47 Å².